The van der Waals surface area contributed by atoms with Crippen LogP contribution in [0.2, 0.25) is 0 Å². The maximum absolute atomic E-state index is 10.0. The van der Waals surface area contributed by atoms with E-state index < -0.39 is 0 Å². The van der Waals surface area contributed by atoms with Crippen LogP contribution in [-0.4, -0.2) is 46.7 Å². The van der Waals surface area contributed by atoms with E-state index in [0.29, 0.717) is 0 Å². The van der Waals surface area contributed by atoms with Gasteiger partial charge in [-0.25, -0.2) is 0 Å². The second-order valence-electron chi connectivity index (χ2n) is 28.4. The van der Waals surface area contributed by atoms with E-state index >= 15 is 0 Å². The van der Waals surface area contributed by atoms with Gasteiger partial charge in [0.2, 0.25) is 0 Å². The molecule has 0 atom stereocenters. The van der Waals surface area contributed by atoms with Gasteiger partial charge in [0.1, 0.15) is 0 Å². The fourth-order valence-electron chi connectivity index (χ4n) is 14.1. The molecule has 0 aliphatic rings. The third kappa shape index (κ3) is 26.1. The molecule has 5 aromatic heterocycles. The Morgan fingerprint density at radius 2 is 0.653 bits per heavy atom. The first kappa shape index (κ1) is 97.5. The minimum atomic E-state index is -0.125. The average molecular weight is 2500 g/mol. The number of para-hydroxylation sites is 5. The van der Waals surface area contributed by atoms with Crippen LogP contribution in [0.3, 0.4) is 0 Å². The number of nitrogens with zero attached hydrogens (tertiary/aromatic N) is 5. The summed E-state index contributed by atoms with van der Waals surface area (Å²) in [5, 5.41) is 25.0. The number of hydrogen-bond donors (Lipinski definition) is 2. The molecule has 19 rings (SSSR count). The molecule has 0 aliphatic carbocycles. The van der Waals surface area contributed by atoms with Crippen LogP contribution in [-0.2, 0) is 110 Å². The van der Waals surface area contributed by atoms with Gasteiger partial charge in [-0.05, 0) is 101 Å². The summed E-state index contributed by atoms with van der Waals surface area (Å²) >= 11 is 0. The zero-order valence-electron chi connectivity index (χ0n) is 69.0. The topological polar surface area (TPSA) is 139 Å². The van der Waals surface area contributed by atoms with Crippen LogP contribution in [0.25, 0.3) is 154 Å². The molecule has 14 heteroatoms. The van der Waals surface area contributed by atoms with Crippen molar-refractivity contribution in [2.75, 3.05) is 0 Å². The van der Waals surface area contributed by atoms with E-state index in [2.05, 4.69) is 337 Å². The van der Waals surface area contributed by atoms with E-state index in [1.807, 2.05) is 110 Å². The Balaban J connectivity index is 0.000000184. The van der Waals surface area contributed by atoms with Crippen LogP contribution in [0, 0.1) is 51.1 Å². The van der Waals surface area contributed by atoms with Crippen molar-refractivity contribution in [2.45, 2.75) is 48.5 Å². The summed E-state index contributed by atoms with van der Waals surface area (Å²) in [6.45, 7) is 12.0. The Morgan fingerprint density at radius 1 is 0.274 bits per heavy atom. The first-order chi connectivity index (χ1) is 58.1. The third-order valence-electron chi connectivity index (χ3n) is 19.4. The molecule has 5 heterocycles. The summed E-state index contributed by atoms with van der Waals surface area (Å²) in [6, 6.07) is 134. The van der Waals surface area contributed by atoms with Crippen LogP contribution < -0.4 is 0 Å². The van der Waals surface area contributed by atoms with E-state index in [4.69, 9.17) is 10.2 Å². The van der Waals surface area contributed by atoms with Gasteiger partial charge in [-0.1, -0.05) is 290 Å². The smallest absolute Gasteiger partial charge is 0.155 e. The molecular formula is C110H86Ir5N5O4-5. The molecule has 5 radical (unpaired) electrons. The number of hydrogen-bond acceptors (Lipinski definition) is 9. The summed E-state index contributed by atoms with van der Waals surface area (Å²) in [6.07, 6.45) is 11.5. The minimum absolute atomic E-state index is 0. The predicted molar refractivity (Wildman–Crippen MR) is 492 cm³/mol. The van der Waals surface area contributed by atoms with Gasteiger partial charge in [0.25, 0.3) is 0 Å². The van der Waals surface area contributed by atoms with Crippen molar-refractivity contribution < 1.29 is 120 Å². The molecular weight excluding hydrogens is 2420 g/mol. The van der Waals surface area contributed by atoms with Crippen molar-refractivity contribution in [3.8, 4) is 89.0 Å². The summed E-state index contributed by atoms with van der Waals surface area (Å²) < 4.78 is 0. The number of allylic oxidation sites excluding steroid dienone is 4. The molecule has 0 aliphatic heterocycles. The molecule has 0 spiro atoms. The molecule has 14 aromatic carbocycles. The first-order valence-corrected chi connectivity index (χ1v) is 39.2. The number of aromatic nitrogens is 5. The maximum Gasteiger partial charge on any atom is 0.155 e. The number of pyridine rings is 5. The number of carbonyl (C=O) groups is 2. The van der Waals surface area contributed by atoms with Crippen molar-refractivity contribution >= 4 is 76.9 Å². The Morgan fingerprint density at radius 3 is 1.09 bits per heavy atom. The Hall–Kier alpha value is -11.9. The number of fused-ring (bicyclic) bond motifs is 6. The number of rotatable bonds is 10. The molecule has 0 fully saturated rings. The van der Waals surface area contributed by atoms with E-state index in [0.717, 1.165) is 99.4 Å². The normalized spacial score (nSPS) is 10.4. The van der Waals surface area contributed by atoms with Crippen molar-refractivity contribution in [3.05, 3.63) is 441 Å². The van der Waals surface area contributed by atoms with E-state index in [1.165, 1.54) is 111 Å². The molecule has 625 valence electrons. The number of benzene rings is 14. The summed E-state index contributed by atoms with van der Waals surface area (Å²) in [5.41, 5.74) is 27.2. The maximum atomic E-state index is 10.0. The number of aliphatic hydroxyl groups is 2. The van der Waals surface area contributed by atoms with Gasteiger partial charge in [-0.2, -0.15) is 0 Å². The quantitative estimate of drug-likeness (QED) is 0.0778. The number of aliphatic hydroxyl groups excluding tert-OH is 2. The van der Waals surface area contributed by atoms with Gasteiger partial charge in [-0.15, -0.1) is 171 Å². The molecule has 0 saturated carbocycles. The van der Waals surface area contributed by atoms with Gasteiger partial charge in [0.05, 0.1) is 11.5 Å². The second kappa shape index (κ2) is 48.8. The molecule has 9 nitrogen and oxygen atoms in total. The van der Waals surface area contributed by atoms with Crippen molar-refractivity contribution in [2.24, 2.45) is 0 Å². The Kier molecular flexibility index (Phi) is 38.4. The fraction of sp³-hybridized carbons (Fsp3) is 0.0636. The van der Waals surface area contributed by atoms with Gasteiger partial charge < -0.3 is 10.2 Å². The van der Waals surface area contributed by atoms with Crippen molar-refractivity contribution in [3.63, 3.8) is 0 Å². The van der Waals surface area contributed by atoms with Crippen LogP contribution in [0.5, 0.6) is 0 Å². The predicted octanol–water partition coefficient (Wildman–Crippen LogP) is 27.7. The Bertz CT molecular complexity index is 6630. The molecule has 124 heavy (non-hydrogen) atoms. The molecule has 19 aromatic rings. The van der Waals surface area contributed by atoms with Gasteiger partial charge >= 0.3 is 0 Å². The minimum Gasteiger partial charge on any atom is -0.512 e. The largest absolute Gasteiger partial charge is 0.512 e. The first-order valence-electron chi connectivity index (χ1n) is 39.2. The van der Waals surface area contributed by atoms with Gasteiger partial charge in [0, 0.05) is 171 Å². The Labute approximate surface area is 793 Å². The molecule has 0 bridgehead atoms. The molecule has 2 N–H and O–H groups in total. The van der Waals surface area contributed by atoms with E-state index in [9.17, 15) is 9.59 Å². The van der Waals surface area contributed by atoms with E-state index in [1.54, 1.807) is 0 Å². The number of aryl methyl sites for hydroxylation is 3. The van der Waals surface area contributed by atoms with Crippen LogP contribution >= 0.6 is 0 Å². The molecule has 0 saturated heterocycles. The zero-order chi connectivity index (χ0) is 82.8. The third-order valence-corrected chi connectivity index (χ3v) is 19.4. The molecule has 0 unspecified atom stereocenters. The van der Waals surface area contributed by atoms with Crippen molar-refractivity contribution in [1.82, 2.24) is 24.9 Å². The standard InChI is InChI=1S/C25H16N.2C21H14N.C17H14N.C16H12N.2C5H8O2.5Ir/c1-2-13-22-18(7-1)8-4-14-23(22)20-10-3-11-21(17-20)24-15-5-9-19-12-6-16-26-25(19)24;1-2-6-16(7-3-1)17-11-13-18(14-12-17)20-10-4-8-19-9-5-15-22-21(19)20;1-2-8-16(9-3-1)18-12-4-5-13-19(18)20-14-6-10-17-11-7-15-22-21(17)20;1-12-8-9-15(13(2)11-12)16-7-3-5-14-6-4-10-18-17(14)16;1-12-7-9-13(10-8-12)15-6-2-4-14-5-3-11-17-16(14)15;2*1-4(6)3-5(2)7;;;;;/h1-10,12-17H;1-13,15H;1-12,14-15H;3-8,10-11H,1-2H3;2-9,11H,1H3;2*3,6H,1-2H3;;;;;/q5*-1;;;;;;;. The SMILES string of the molecule is CC(=O)C=C(C)O.CC(=O)C=C(C)O.Cc1c[c-]c(-c2cccc3cccnc23)c(C)c1.Cc1c[c-]c(-c2cccc3cccnc23)cc1.[Ir].[Ir].[Ir].[Ir].[Ir].[c-]1cc(-c2ccccc2)ccc1-c1cccc2cccnc12.[c-]1ccc(-c2cccc3ccccc23)cc1-c1cccc2cccnc12.[c-]1cccc(-c2ccccc2)c1-c1cccc2cccnc12. The van der Waals surface area contributed by atoms with Crippen LogP contribution in [0.1, 0.15) is 44.4 Å². The monoisotopic (exact) mass is 2510 g/mol. The summed E-state index contributed by atoms with van der Waals surface area (Å²) in [7, 11) is 0. The zero-order valence-corrected chi connectivity index (χ0v) is 81.0. The molecule has 0 amide bonds. The van der Waals surface area contributed by atoms with Crippen molar-refractivity contribution in [1.29, 1.82) is 0 Å². The second-order valence-corrected chi connectivity index (χ2v) is 28.4. The number of ketones is 2. The number of carbonyl (C=O) groups excluding carboxylic acids is 2. The van der Waals surface area contributed by atoms with Gasteiger partial charge in [-0.3, -0.25) is 34.5 Å². The fourth-order valence-corrected chi connectivity index (χ4v) is 14.1. The van der Waals surface area contributed by atoms with Crippen LogP contribution in [0.4, 0.5) is 0 Å². The average Bonchev–Trinajstić information content (AvgIpc) is 0.790. The van der Waals surface area contributed by atoms with E-state index in [-0.39, 0.29) is 124 Å². The summed E-state index contributed by atoms with van der Waals surface area (Å²) in [4.78, 5) is 42.7. The summed E-state index contributed by atoms with van der Waals surface area (Å²) in [5.74, 6) is -0.125. The van der Waals surface area contributed by atoms with Crippen LogP contribution in [0.15, 0.2) is 394 Å². The van der Waals surface area contributed by atoms with Gasteiger partial charge in [0.15, 0.2) is 11.6 Å².